The first kappa shape index (κ1) is 26.9. The first-order valence-corrected chi connectivity index (χ1v) is 10.3. The van der Waals surface area contributed by atoms with E-state index in [1.807, 2.05) is 6.92 Å². The average molecular weight is 407 g/mol. The predicted molar refractivity (Wildman–Crippen MR) is 117 cm³/mol. The van der Waals surface area contributed by atoms with Gasteiger partial charge in [-0.25, -0.2) is 0 Å². The molecule has 0 atom stereocenters. The van der Waals surface area contributed by atoms with Crippen LogP contribution in [0.1, 0.15) is 73.1 Å². The van der Waals surface area contributed by atoms with E-state index in [1.165, 1.54) is 19.4 Å². The van der Waals surface area contributed by atoms with Gasteiger partial charge in [-0.1, -0.05) is 35.5 Å². The highest BCUT2D eigenvalue weighted by Gasteiger charge is 2.04. The summed E-state index contributed by atoms with van der Waals surface area (Å²) in [6.45, 7) is 9.62. The number of aliphatic hydroxyl groups is 1. The second-order valence-corrected chi connectivity index (χ2v) is 7.42. The molecule has 0 aliphatic carbocycles. The Hall–Kier alpha value is -2.14. The third-order valence-corrected chi connectivity index (χ3v) is 4.25. The van der Waals surface area contributed by atoms with Gasteiger partial charge in [0, 0.05) is 13.8 Å². The molecular weight excluding hydrogens is 368 g/mol. The zero-order valence-corrected chi connectivity index (χ0v) is 18.8. The minimum atomic E-state index is -0.292. The topological polar surface area (TPSA) is 72.8 Å². The molecule has 0 aliphatic rings. The van der Waals surface area contributed by atoms with Crippen LogP contribution >= 0.6 is 0 Å². The Kier molecular flexibility index (Phi) is 15.5. The average Bonchev–Trinajstić information content (AvgIpc) is 2.62. The molecule has 5 heteroatoms. The molecule has 0 aromatic carbocycles. The molecule has 0 heterocycles. The quantitative estimate of drug-likeness (QED) is 0.317. The van der Waals surface area contributed by atoms with Crippen molar-refractivity contribution < 1.29 is 24.2 Å². The molecule has 0 bridgehead atoms. The lowest BCUT2D eigenvalue weighted by atomic mass is 10.0. The van der Waals surface area contributed by atoms with Gasteiger partial charge < -0.3 is 14.6 Å². The minimum Gasteiger partial charge on any atom is -0.461 e. The van der Waals surface area contributed by atoms with Crippen molar-refractivity contribution >= 4 is 11.9 Å². The number of carbonyl (C=O) groups is 2. The van der Waals surface area contributed by atoms with Crippen molar-refractivity contribution in [3.05, 3.63) is 46.6 Å². The van der Waals surface area contributed by atoms with Gasteiger partial charge in [-0.15, -0.1) is 0 Å². The molecule has 0 rings (SSSR count). The summed E-state index contributed by atoms with van der Waals surface area (Å²) < 4.78 is 10.4. The molecule has 0 fully saturated rings. The van der Waals surface area contributed by atoms with E-state index in [0.717, 1.165) is 55.2 Å². The number of ether oxygens (including phenoxy) is 2. The molecule has 0 aliphatic heterocycles. The smallest absolute Gasteiger partial charge is 0.302 e. The number of aliphatic hydroxyl groups excluding tert-OH is 1. The van der Waals surface area contributed by atoms with Crippen LogP contribution in [-0.4, -0.2) is 36.9 Å². The Morgan fingerprint density at radius 2 is 1.14 bits per heavy atom. The molecule has 0 unspecified atom stereocenters. The summed E-state index contributed by atoms with van der Waals surface area (Å²) in [5.74, 6) is -0.570. The monoisotopic (exact) mass is 406 g/mol. The normalized spacial score (nSPS) is 12.6. The Balaban J connectivity index is 4.91. The van der Waals surface area contributed by atoms with Crippen molar-refractivity contribution in [3.8, 4) is 0 Å². The van der Waals surface area contributed by atoms with Gasteiger partial charge in [-0.2, -0.15) is 0 Å². The Labute approximate surface area is 176 Å². The van der Waals surface area contributed by atoms with Crippen molar-refractivity contribution in [2.45, 2.75) is 73.1 Å². The Morgan fingerprint density at radius 1 is 0.690 bits per heavy atom. The fourth-order valence-corrected chi connectivity index (χ4v) is 2.62. The van der Waals surface area contributed by atoms with Gasteiger partial charge in [0.1, 0.15) is 13.2 Å². The van der Waals surface area contributed by atoms with Gasteiger partial charge >= 0.3 is 11.9 Å². The molecule has 0 saturated heterocycles. The van der Waals surface area contributed by atoms with E-state index in [4.69, 9.17) is 14.6 Å². The van der Waals surface area contributed by atoms with Crippen LogP contribution in [0.3, 0.4) is 0 Å². The fraction of sp³-hybridized carbons (Fsp3) is 0.583. The molecule has 29 heavy (non-hydrogen) atoms. The SMILES string of the molecule is CC(=O)OC/C(=C\CC/C(=C/CC/C(C)=C/CO)COC(C)=O)CCC=C(C)C. The van der Waals surface area contributed by atoms with E-state index in [-0.39, 0.29) is 18.5 Å². The fourth-order valence-electron chi connectivity index (χ4n) is 2.62. The molecule has 0 amide bonds. The molecule has 1 N–H and O–H groups in total. The molecule has 164 valence electrons. The maximum absolute atomic E-state index is 11.2. The van der Waals surface area contributed by atoms with Crippen LogP contribution in [0.15, 0.2) is 46.6 Å². The second-order valence-electron chi connectivity index (χ2n) is 7.42. The minimum absolute atomic E-state index is 0.0541. The van der Waals surface area contributed by atoms with E-state index in [2.05, 4.69) is 32.1 Å². The third kappa shape index (κ3) is 17.7. The van der Waals surface area contributed by atoms with Crippen LogP contribution in [-0.2, 0) is 19.1 Å². The molecule has 0 spiro atoms. The van der Waals surface area contributed by atoms with Crippen molar-refractivity contribution in [2.75, 3.05) is 19.8 Å². The number of esters is 2. The lowest BCUT2D eigenvalue weighted by molar-refractivity contribution is -0.140. The lowest BCUT2D eigenvalue weighted by Gasteiger charge is -2.10. The summed E-state index contributed by atoms with van der Waals surface area (Å²) in [6.07, 6.45) is 13.3. The highest BCUT2D eigenvalue weighted by atomic mass is 16.5. The zero-order valence-electron chi connectivity index (χ0n) is 18.8. The van der Waals surface area contributed by atoms with E-state index in [1.54, 1.807) is 6.08 Å². The highest BCUT2D eigenvalue weighted by Crippen LogP contribution is 2.15. The van der Waals surface area contributed by atoms with E-state index in [0.29, 0.717) is 13.2 Å². The van der Waals surface area contributed by atoms with Gasteiger partial charge in [-0.05, 0) is 70.4 Å². The molecule has 0 radical (unpaired) electrons. The van der Waals surface area contributed by atoms with E-state index in [9.17, 15) is 9.59 Å². The number of hydrogen-bond donors (Lipinski definition) is 1. The molecular formula is C24H38O5. The first-order chi connectivity index (χ1) is 13.7. The molecule has 0 saturated carbocycles. The van der Waals surface area contributed by atoms with Crippen LogP contribution in [0.4, 0.5) is 0 Å². The summed E-state index contributed by atoms with van der Waals surface area (Å²) in [6, 6.07) is 0. The van der Waals surface area contributed by atoms with Gasteiger partial charge in [0.2, 0.25) is 0 Å². The van der Waals surface area contributed by atoms with Gasteiger partial charge in [-0.3, -0.25) is 9.59 Å². The van der Waals surface area contributed by atoms with Crippen molar-refractivity contribution in [1.29, 1.82) is 0 Å². The lowest BCUT2D eigenvalue weighted by Crippen LogP contribution is -2.05. The van der Waals surface area contributed by atoms with Gasteiger partial charge in [0.15, 0.2) is 0 Å². The third-order valence-electron chi connectivity index (χ3n) is 4.25. The summed E-state index contributed by atoms with van der Waals surface area (Å²) in [5.41, 5.74) is 4.59. The van der Waals surface area contributed by atoms with Crippen LogP contribution in [0.5, 0.6) is 0 Å². The highest BCUT2D eigenvalue weighted by molar-refractivity contribution is 5.66. The molecule has 0 aromatic rings. The second kappa shape index (κ2) is 16.8. The molecule has 0 aromatic heterocycles. The number of allylic oxidation sites excluding steroid dienone is 5. The number of hydrogen-bond acceptors (Lipinski definition) is 5. The van der Waals surface area contributed by atoms with Crippen LogP contribution in [0.2, 0.25) is 0 Å². The maximum atomic E-state index is 11.2. The summed E-state index contributed by atoms with van der Waals surface area (Å²) in [4.78, 5) is 22.3. The summed E-state index contributed by atoms with van der Waals surface area (Å²) in [5, 5.41) is 8.94. The summed E-state index contributed by atoms with van der Waals surface area (Å²) in [7, 11) is 0. The number of rotatable bonds is 14. The largest absolute Gasteiger partial charge is 0.461 e. The predicted octanol–water partition coefficient (Wildman–Crippen LogP) is 5.21. The first-order valence-electron chi connectivity index (χ1n) is 10.3. The zero-order chi connectivity index (χ0) is 22.1. The summed E-state index contributed by atoms with van der Waals surface area (Å²) >= 11 is 0. The van der Waals surface area contributed by atoms with Crippen molar-refractivity contribution in [1.82, 2.24) is 0 Å². The van der Waals surface area contributed by atoms with E-state index >= 15 is 0 Å². The Bertz CT molecular complexity index is 619. The van der Waals surface area contributed by atoms with Crippen LogP contribution in [0, 0.1) is 0 Å². The van der Waals surface area contributed by atoms with Crippen LogP contribution in [0.25, 0.3) is 0 Å². The Morgan fingerprint density at radius 3 is 1.55 bits per heavy atom. The molecule has 5 nitrogen and oxygen atoms in total. The standard InChI is InChI=1S/C24H38O5/c1-19(2)9-6-11-23(17-28-21(4)26)13-8-14-24(18-29-22(5)27)12-7-10-20(3)15-16-25/h9,12-13,15,25H,6-8,10-11,14,16-18H2,1-5H3/b20-15+,23-13-,24-12-. The van der Waals surface area contributed by atoms with Gasteiger partial charge in [0.25, 0.3) is 0 Å². The van der Waals surface area contributed by atoms with E-state index < -0.39 is 0 Å². The maximum Gasteiger partial charge on any atom is 0.302 e. The number of carbonyl (C=O) groups excluding carboxylic acids is 2. The van der Waals surface area contributed by atoms with Crippen molar-refractivity contribution in [3.63, 3.8) is 0 Å². The van der Waals surface area contributed by atoms with Crippen LogP contribution < -0.4 is 0 Å². The van der Waals surface area contributed by atoms with Gasteiger partial charge in [0.05, 0.1) is 6.61 Å². The van der Waals surface area contributed by atoms with Crippen molar-refractivity contribution in [2.24, 2.45) is 0 Å².